The molecule has 1 heterocycles. The molecule has 2 unspecified atom stereocenters. The van der Waals surface area contributed by atoms with E-state index in [4.69, 9.17) is 10.5 Å². The van der Waals surface area contributed by atoms with Gasteiger partial charge in [-0.15, -0.1) is 0 Å². The van der Waals surface area contributed by atoms with E-state index in [9.17, 15) is 0 Å². The summed E-state index contributed by atoms with van der Waals surface area (Å²) >= 11 is 0. The van der Waals surface area contributed by atoms with E-state index in [1.165, 1.54) is 0 Å². The number of hydrogen-bond donors (Lipinski definition) is 2. The van der Waals surface area contributed by atoms with Gasteiger partial charge in [-0.2, -0.15) is 0 Å². The van der Waals surface area contributed by atoms with Gasteiger partial charge in [0.25, 0.3) is 0 Å². The average molecular weight is 237 g/mol. The van der Waals surface area contributed by atoms with Crippen LogP contribution in [0.1, 0.15) is 37.9 Å². The molecule has 1 aromatic rings. The molecule has 0 fully saturated rings. The Balaban J connectivity index is 3.04. The minimum absolute atomic E-state index is 0.0742. The zero-order valence-electron chi connectivity index (χ0n) is 11.2. The molecule has 0 aliphatic carbocycles. The highest BCUT2D eigenvalue weighted by Gasteiger charge is 2.22. The van der Waals surface area contributed by atoms with Crippen molar-refractivity contribution < 1.29 is 4.74 Å². The monoisotopic (exact) mass is 237 g/mol. The Labute approximate surface area is 104 Å². The number of nitrogens with two attached hydrogens (primary N) is 1. The number of aromatic nitrogens is 1. The van der Waals surface area contributed by atoms with Gasteiger partial charge in [-0.25, -0.2) is 4.98 Å². The molecule has 2 atom stereocenters. The van der Waals surface area contributed by atoms with Crippen molar-refractivity contribution in [2.75, 3.05) is 18.9 Å². The third-order valence-corrected chi connectivity index (χ3v) is 2.87. The van der Waals surface area contributed by atoms with E-state index in [0.717, 1.165) is 17.7 Å². The molecular weight excluding hydrogens is 214 g/mol. The van der Waals surface area contributed by atoms with E-state index in [0.29, 0.717) is 12.4 Å². The van der Waals surface area contributed by atoms with E-state index in [-0.39, 0.29) is 12.1 Å². The van der Waals surface area contributed by atoms with Crippen LogP contribution < -0.4 is 11.1 Å². The first-order chi connectivity index (χ1) is 8.11. The largest absolute Gasteiger partial charge is 0.383 e. The second-order valence-corrected chi connectivity index (χ2v) is 4.12. The van der Waals surface area contributed by atoms with Crippen molar-refractivity contribution in [1.82, 2.24) is 10.3 Å². The lowest BCUT2D eigenvalue weighted by molar-refractivity contribution is 0.0476. The predicted molar refractivity (Wildman–Crippen MR) is 70.9 cm³/mol. The van der Waals surface area contributed by atoms with Gasteiger partial charge in [0, 0.05) is 18.4 Å². The van der Waals surface area contributed by atoms with E-state index in [1.54, 1.807) is 6.20 Å². The normalized spacial score (nSPS) is 14.6. The summed E-state index contributed by atoms with van der Waals surface area (Å²) in [6.07, 6.45) is 1.81. The maximum absolute atomic E-state index is 5.98. The maximum Gasteiger partial charge on any atom is 0.128 e. The number of ether oxygens (including phenoxy) is 1. The fourth-order valence-electron chi connectivity index (χ4n) is 2.08. The second kappa shape index (κ2) is 6.57. The molecule has 0 saturated carbocycles. The number of nitrogens with zero attached hydrogens (tertiary/aromatic N) is 1. The fourth-order valence-corrected chi connectivity index (χ4v) is 2.08. The Morgan fingerprint density at radius 3 is 2.71 bits per heavy atom. The average Bonchev–Trinajstić information content (AvgIpc) is 2.28. The molecule has 3 N–H and O–H groups in total. The molecule has 0 saturated heterocycles. The molecule has 0 spiro atoms. The molecule has 1 aromatic heterocycles. The fraction of sp³-hybridized carbons (Fsp3) is 0.615. The zero-order valence-corrected chi connectivity index (χ0v) is 11.2. The highest BCUT2D eigenvalue weighted by Crippen LogP contribution is 2.26. The third kappa shape index (κ3) is 3.41. The van der Waals surface area contributed by atoms with Crippen molar-refractivity contribution >= 4 is 5.82 Å². The van der Waals surface area contributed by atoms with Gasteiger partial charge < -0.3 is 15.8 Å². The standard InChI is InChI=1S/C13H23N3O/c1-5-15-12(10(4)17-6-2)11-9(3)7-8-16-13(11)14/h7-8,10,12,15H,5-6H2,1-4H3,(H2,14,16). The van der Waals surface area contributed by atoms with Gasteiger partial charge in [0.05, 0.1) is 12.1 Å². The summed E-state index contributed by atoms with van der Waals surface area (Å²) in [6.45, 7) is 9.75. The minimum atomic E-state index is 0.0742. The van der Waals surface area contributed by atoms with Crippen molar-refractivity contribution in [3.8, 4) is 0 Å². The summed E-state index contributed by atoms with van der Waals surface area (Å²) < 4.78 is 5.68. The van der Waals surface area contributed by atoms with Crippen molar-refractivity contribution in [1.29, 1.82) is 0 Å². The van der Waals surface area contributed by atoms with Crippen LogP contribution in [-0.4, -0.2) is 24.2 Å². The quantitative estimate of drug-likeness (QED) is 0.795. The summed E-state index contributed by atoms with van der Waals surface area (Å²) in [7, 11) is 0. The van der Waals surface area contributed by atoms with Crippen LogP contribution in [0, 0.1) is 6.92 Å². The molecule has 4 heteroatoms. The Morgan fingerprint density at radius 1 is 1.47 bits per heavy atom. The summed E-state index contributed by atoms with van der Waals surface area (Å²) in [5.74, 6) is 0.586. The lowest BCUT2D eigenvalue weighted by Crippen LogP contribution is -2.33. The van der Waals surface area contributed by atoms with Crippen molar-refractivity contribution in [2.24, 2.45) is 0 Å². The SMILES string of the molecule is CCNC(c1c(C)ccnc1N)C(C)OCC. The van der Waals surface area contributed by atoms with Crippen LogP contribution in [-0.2, 0) is 4.74 Å². The van der Waals surface area contributed by atoms with Crippen molar-refractivity contribution in [3.63, 3.8) is 0 Å². The van der Waals surface area contributed by atoms with Crippen LogP contribution >= 0.6 is 0 Å². The van der Waals surface area contributed by atoms with Gasteiger partial charge in [-0.05, 0) is 38.9 Å². The van der Waals surface area contributed by atoms with Gasteiger partial charge >= 0.3 is 0 Å². The third-order valence-electron chi connectivity index (χ3n) is 2.87. The topological polar surface area (TPSA) is 60.2 Å². The molecule has 0 aliphatic rings. The van der Waals surface area contributed by atoms with Crippen LogP contribution in [0.25, 0.3) is 0 Å². The lowest BCUT2D eigenvalue weighted by Gasteiger charge is -2.27. The Bertz CT molecular complexity index is 334. The first-order valence-corrected chi connectivity index (χ1v) is 6.17. The van der Waals surface area contributed by atoms with E-state index < -0.39 is 0 Å². The number of pyridine rings is 1. The van der Waals surface area contributed by atoms with Gasteiger partial charge in [0.2, 0.25) is 0 Å². The molecule has 4 nitrogen and oxygen atoms in total. The highest BCUT2D eigenvalue weighted by molar-refractivity contribution is 5.46. The van der Waals surface area contributed by atoms with Crippen LogP contribution in [0.3, 0.4) is 0 Å². The van der Waals surface area contributed by atoms with Crippen LogP contribution in [0.4, 0.5) is 5.82 Å². The zero-order chi connectivity index (χ0) is 12.8. The summed E-state index contributed by atoms with van der Waals surface area (Å²) in [5, 5.41) is 3.42. The molecule has 0 aromatic carbocycles. The Morgan fingerprint density at radius 2 is 2.18 bits per heavy atom. The number of nitrogens with one attached hydrogen (secondary N) is 1. The number of rotatable bonds is 6. The number of anilines is 1. The minimum Gasteiger partial charge on any atom is -0.383 e. The number of aryl methyl sites for hydroxylation is 1. The van der Waals surface area contributed by atoms with Crippen LogP contribution in [0.2, 0.25) is 0 Å². The summed E-state index contributed by atoms with van der Waals surface area (Å²) in [5.41, 5.74) is 8.18. The molecule has 17 heavy (non-hydrogen) atoms. The Kier molecular flexibility index (Phi) is 5.38. The van der Waals surface area contributed by atoms with Gasteiger partial charge in [0.1, 0.15) is 5.82 Å². The van der Waals surface area contributed by atoms with Gasteiger partial charge in [-0.1, -0.05) is 6.92 Å². The Hall–Kier alpha value is -1.13. The molecule has 0 bridgehead atoms. The highest BCUT2D eigenvalue weighted by atomic mass is 16.5. The second-order valence-electron chi connectivity index (χ2n) is 4.12. The van der Waals surface area contributed by atoms with E-state index in [2.05, 4.69) is 31.1 Å². The van der Waals surface area contributed by atoms with Gasteiger partial charge in [-0.3, -0.25) is 0 Å². The number of hydrogen-bond acceptors (Lipinski definition) is 4. The van der Waals surface area contributed by atoms with Crippen LogP contribution in [0.5, 0.6) is 0 Å². The predicted octanol–water partition coefficient (Wildman–Crippen LogP) is 2.05. The first-order valence-electron chi connectivity index (χ1n) is 6.17. The molecule has 0 radical (unpaired) electrons. The van der Waals surface area contributed by atoms with E-state index in [1.807, 2.05) is 13.0 Å². The number of likely N-dealkylation sites (N-methyl/N-ethyl adjacent to an activating group) is 1. The molecular formula is C13H23N3O. The van der Waals surface area contributed by atoms with Gasteiger partial charge in [0.15, 0.2) is 0 Å². The van der Waals surface area contributed by atoms with Crippen molar-refractivity contribution in [2.45, 2.75) is 39.8 Å². The number of nitrogen functional groups attached to an aromatic ring is 1. The lowest BCUT2D eigenvalue weighted by atomic mass is 9.98. The molecule has 1 rings (SSSR count). The van der Waals surface area contributed by atoms with E-state index >= 15 is 0 Å². The van der Waals surface area contributed by atoms with Crippen molar-refractivity contribution in [3.05, 3.63) is 23.4 Å². The smallest absolute Gasteiger partial charge is 0.128 e. The molecule has 0 aliphatic heterocycles. The maximum atomic E-state index is 5.98. The summed E-state index contributed by atoms with van der Waals surface area (Å²) in [4.78, 5) is 4.17. The summed E-state index contributed by atoms with van der Waals surface area (Å²) in [6, 6.07) is 2.07. The first kappa shape index (κ1) is 13.9. The molecule has 0 amide bonds. The molecule has 96 valence electrons. The van der Waals surface area contributed by atoms with Crippen LogP contribution in [0.15, 0.2) is 12.3 Å².